The molecule has 7 heteroatoms. The Balaban J connectivity index is 2.12. The van der Waals surface area contributed by atoms with Gasteiger partial charge in [-0.2, -0.15) is 0 Å². The summed E-state index contributed by atoms with van der Waals surface area (Å²) in [7, 11) is 0. The number of hydrogen-bond acceptors (Lipinski definition) is 4. The maximum atomic E-state index is 12.4. The van der Waals surface area contributed by atoms with Gasteiger partial charge in [0.1, 0.15) is 6.04 Å². The molecular weight excluding hydrogens is 304 g/mol. The van der Waals surface area contributed by atoms with E-state index < -0.39 is 24.0 Å². The molecule has 1 aromatic carbocycles. The quantitative estimate of drug-likeness (QED) is 0.852. The first-order valence-corrected chi connectivity index (χ1v) is 8.15. The molecule has 2 amide bonds. The summed E-state index contributed by atoms with van der Waals surface area (Å²) in [5.41, 5.74) is 0.502. The van der Waals surface area contributed by atoms with Crippen molar-refractivity contribution in [3.05, 3.63) is 35.9 Å². The van der Waals surface area contributed by atoms with Gasteiger partial charge in [0.25, 0.3) is 0 Å². The van der Waals surface area contributed by atoms with E-state index in [-0.39, 0.29) is 5.91 Å². The van der Waals surface area contributed by atoms with Crippen LogP contribution in [0.2, 0.25) is 0 Å². The second kappa shape index (κ2) is 7.31. The molecule has 1 aliphatic rings. The third-order valence-electron chi connectivity index (χ3n) is 3.47. The molecule has 1 unspecified atom stereocenters. The molecule has 1 heterocycles. The van der Waals surface area contributed by atoms with Gasteiger partial charge in [0, 0.05) is 12.2 Å². The molecule has 118 valence electrons. The average Bonchev–Trinajstić information content (AvgIpc) is 3.01. The van der Waals surface area contributed by atoms with Crippen LogP contribution < -0.4 is 5.32 Å². The number of amides is 2. The molecule has 6 nitrogen and oxygen atoms in total. The molecular formula is C15H18N2O4S. The monoisotopic (exact) mass is 322 g/mol. The Kier molecular flexibility index (Phi) is 5.43. The first-order chi connectivity index (χ1) is 10.5. The zero-order chi connectivity index (χ0) is 16.1. The Morgan fingerprint density at radius 3 is 2.64 bits per heavy atom. The Hall–Kier alpha value is -2.02. The first kappa shape index (κ1) is 16.4. The van der Waals surface area contributed by atoms with E-state index in [0.29, 0.717) is 23.6 Å². The summed E-state index contributed by atoms with van der Waals surface area (Å²) in [6.45, 7) is 1.74. The molecule has 2 N–H and O–H groups in total. The predicted octanol–water partition coefficient (Wildman–Crippen LogP) is 1.24. The smallest absolute Gasteiger partial charge is 0.330 e. The number of carboxylic acid groups (broad SMARTS) is 1. The Morgan fingerprint density at radius 2 is 2.05 bits per heavy atom. The largest absolute Gasteiger partial charge is 0.479 e. The molecule has 0 aliphatic carbocycles. The van der Waals surface area contributed by atoms with E-state index in [4.69, 9.17) is 0 Å². The predicted molar refractivity (Wildman–Crippen MR) is 83.2 cm³/mol. The van der Waals surface area contributed by atoms with Gasteiger partial charge in [0.15, 0.2) is 6.04 Å². The lowest BCUT2D eigenvalue weighted by Crippen LogP contribution is -2.49. The number of rotatable bonds is 5. The van der Waals surface area contributed by atoms with E-state index in [0.717, 1.165) is 0 Å². The number of nitrogens with one attached hydrogen (secondary N) is 1. The highest BCUT2D eigenvalue weighted by atomic mass is 32.2. The minimum absolute atomic E-state index is 0.100. The Bertz CT molecular complexity index is 564. The van der Waals surface area contributed by atoms with Gasteiger partial charge >= 0.3 is 5.97 Å². The lowest BCUT2D eigenvalue weighted by atomic mass is 10.1. The molecule has 1 aliphatic heterocycles. The van der Waals surface area contributed by atoms with Gasteiger partial charge < -0.3 is 15.3 Å². The maximum Gasteiger partial charge on any atom is 0.330 e. The summed E-state index contributed by atoms with van der Waals surface area (Å²) < 4.78 is 0. The maximum absolute atomic E-state index is 12.4. The van der Waals surface area contributed by atoms with Crippen LogP contribution in [0.5, 0.6) is 0 Å². The van der Waals surface area contributed by atoms with Crippen LogP contribution in [-0.2, 0) is 14.4 Å². The van der Waals surface area contributed by atoms with Gasteiger partial charge in [-0.25, -0.2) is 4.79 Å². The summed E-state index contributed by atoms with van der Waals surface area (Å²) >= 11 is 1.49. The number of nitrogens with zero attached hydrogens (tertiary/aromatic N) is 1. The van der Waals surface area contributed by atoms with Gasteiger partial charge in [-0.3, -0.25) is 9.59 Å². The van der Waals surface area contributed by atoms with E-state index in [1.54, 1.807) is 37.3 Å². The molecule has 0 radical (unpaired) electrons. The highest BCUT2D eigenvalue weighted by Crippen LogP contribution is 2.23. The minimum atomic E-state index is -1.13. The summed E-state index contributed by atoms with van der Waals surface area (Å²) in [5.74, 6) is -0.703. The number of thioether (sulfide) groups is 1. The van der Waals surface area contributed by atoms with Gasteiger partial charge in [-0.1, -0.05) is 37.3 Å². The molecule has 0 saturated carbocycles. The highest BCUT2D eigenvalue weighted by molar-refractivity contribution is 7.99. The summed E-state index contributed by atoms with van der Waals surface area (Å²) in [6.07, 6.45) is 0.325. The summed E-state index contributed by atoms with van der Waals surface area (Å²) in [5, 5.41) is 11.9. The standard InChI is InChI=1S/C15H18N2O4S/c1-2-12(18)17-9-22-8-11(17)14(19)16-13(15(20)21)10-6-4-3-5-7-10/h3-7,11,13H,2,8-9H2,1H3,(H,16,19)(H,20,21)/t11?,13-/m0/s1. The number of hydrogen-bond donors (Lipinski definition) is 2. The van der Waals surface area contributed by atoms with Crippen molar-refractivity contribution in [2.75, 3.05) is 11.6 Å². The second-order valence-corrected chi connectivity index (χ2v) is 5.92. The molecule has 22 heavy (non-hydrogen) atoms. The van der Waals surface area contributed by atoms with E-state index >= 15 is 0 Å². The topological polar surface area (TPSA) is 86.7 Å². The molecule has 0 aromatic heterocycles. The average molecular weight is 322 g/mol. The first-order valence-electron chi connectivity index (χ1n) is 7.00. The van der Waals surface area contributed by atoms with Crippen LogP contribution >= 0.6 is 11.8 Å². The zero-order valence-corrected chi connectivity index (χ0v) is 13.0. The van der Waals surface area contributed by atoms with E-state index in [1.807, 2.05) is 0 Å². The number of carboxylic acids is 1. The lowest BCUT2D eigenvalue weighted by Gasteiger charge is -2.24. The fourth-order valence-electron chi connectivity index (χ4n) is 2.28. The number of benzene rings is 1. The van der Waals surface area contributed by atoms with Crippen molar-refractivity contribution in [1.29, 1.82) is 0 Å². The fourth-order valence-corrected chi connectivity index (χ4v) is 3.46. The molecule has 1 aromatic rings. The van der Waals surface area contributed by atoms with Crippen LogP contribution in [0.25, 0.3) is 0 Å². The molecule has 0 bridgehead atoms. The SMILES string of the molecule is CCC(=O)N1CSCC1C(=O)N[C@H](C(=O)O)c1ccccc1. The van der Waals surface area contributed by atoms with E-state index in [2.05, 4.69) is 5.32 Å². The number of carbonyl (C=O) groups excluding carboxylic acids is 2. The molecule has 0 spiro atoms. The van der Waals surface area contributed by atoms with Crippen LogP contribution in [0, 0.1) is 0 Å². The van der Waals surface area contributed by atoms with Crippen molar-refractivity contribution < 1.29 is 19.5 Å². The van der Waals surface area contributed by atoms with Crippen molar-refractivity contribution in [2.45, 2.75) is 25.4 Å². The molecule has 1 saturated heterocycles. The van der Waals surface area contributed by atoms with E-state index in [1.165, 1.54) is 16.7 Å². The van der Waals surface area contributed by atoms with Crippen LogP contribution in [0.4, 0.5) is 0 Å². The third kappa shape index (κ3) is 3.59. The summed E-state index contributed by atoms with van der Waals surface area (Å²) in [4.78, 5) is 37.1. The van der Waals surface area contributed by atoms with Crippen molar-refractivity contribution in [3.63, 3.8) is 0 Å². The van der Waals surface area contributed by atoms with E-state index in [9.17, 15) is 19.5 Å². The minimum Gasteiger partial charge on any atom is -0.479 e. The van der Waals surface area contributed by atoms with Crippen molar-refractivity contribution in [2.24, 2.45) is 0 Å². The second-order valence-electron chi connectivity index (χ2n) is 4.92. The summed E-state index contributed by atoms with van der Waals surface area (Å²) in [6, 6.07) is 6.79. The Labute approximate surface area is 132 Å². The molecule has 1 fully saturated rings. The van der Waals surface area contributed by atoms with Gasteiger partial charge in [-0.05, 0) is 5.56 Å². The van der Waals surface area contributed by atoms with Crippen molar-refractivity contribution in [3.8, 4) is 0 Å². The normalized spacial score (nSPS) is 18.8. The number of aliphatic carboxylic acids is 1. The third-order valence-corrected chi connectivity index (χ3v) is 4.49. The number of carbonyl (C=O) groups is 3. The zero-order valence-electron chi connectivity index (χ0n) is 12.2. The van der Waals surface area contributed by atoms with Gasteiger partial charge in [0.05, 0.1) is 5.88 Å². The Morgan fingerprint density at radius 1 is 1.36 bits per heavy atom. The van der Waals surface area contributed by atoms with Crippen molar-refractivity contribution >= 4 is 29.5 Å². The van der Waals surface area contributed by atoms with Crippen molar-refractivity contribution in [1.82, 2.24) is 10.2 Å². The highest BCUT2D eigenvalue weighted by Gasteiger charge is 2.35. The lowest BCUT2D eigenvalue weighted by molar-refractivity contribution is -0.143. The van der Waals surface area contributed by atoms with Crippen LogP contribution in [-0.4, -0.2) is 45.5 Å². The molecule has 2 rings (SSSR count). The fraction of sp³-hybridized carbons (Fsp3) is 0.400. The van der Waals surface area contributed by atoms with Crippen LogP contribution in [0.3, 0.4) is 0 Å². The molecule has 2 atom stereocenters. The van der Waals surface area contributed by atoms with Gasteiger partial charge in [0.2, 0.25) is 11.8 Å². The van der Waals surface area contributed by atoms with Crippen LogP contribution in [0.15, 0.2) is 30.3 Å². The van der Waals surface area contributed by atoms with Gasteiger partial charge in [-0.15, -0.1) is 11.8 Å². The van der Waals surface area contributed by atoms with Crippen LogP contribution in [0.1, 0.15) is 24.9 Å².